The summed E-state index contributed by atoms with van der Waals surface area (Å²) in [6.45, 7) is 0.841. The fourth-order valence-corrected chi connectivity index (χ4v) is 1.07. The molecule has 1 atom stereocenters. The van der Waals surface area contributed by atoms with E-state index in [-0.39, 0.29) is 0 Å². The molecule has 0 saturated carbocycles. The Kier molecular flexibility index (Phi) is 1.41. The standard InChI is InChI=1S/C10H8O/c1-2-8-4-3-5-9(6-8)10-7-11-10/h1,3-6,10H,7H2/t10-/m0/s1. The minimum atomic E-state index is 0.309. The van der Waals surface area contributed by atoms with E-state index >= 15 is 0 Å². The van der Waals surface area contributed by atoms with E-state index < -0.39 is 0 Å². The molecule has 1 aliphatic rings. The molecule has 1 fully saturated rings. The van der Waals surface area contributed by atoms with Crippen LogP contribution in [0.3, 0.4) is 0 Å². The third-order valence-corrected chi connectivity index (χ3v) is 1.76. The van der Waals surface area contributed by atoms with E-state index in [1.54, 1.807) is 0 Å². The summed E-state index contributed by atoms with van der Waals surface area (Å²) in [5.74, 6) is 2.59. The van der Waals surface area contributed by atoms with Gasteiger partial charge in [-0.3, -0.25) is 0 Å². The highest BCUT2D eigenvalue weighted by atomic mass is 16.6. The van der Waals surface area contributed by atoms with E-state index in [9.17, 15) is 0 Å². The maximum Gasteiger partial charge on any atom is 0.106 e. The van der Waals surface area contributed by atoms with Gasteiger partial charge in [0.25, 0.3) is 0 Å². The number of epoxide rings is 1. The molecule has 0 aliphatic carbocycles. The van der Waals surface area contributed by atoms with Gasteiger partial charge in [-0.15, -0.1) is 6.42 Å². The second-order valence-electron chi connectivity index (χ2n) is 2.59. The van der Waals surface area contributed by atoms with Crippen LogP contribution in [0.5, 0.6) is 0 Å². The van der Waals surface area contributed by atoms with Crippen LogP contribution in [0.4, 0.5) is 0 Å². The second kappa shape index (κ2) is 2.41. The Morgan fingerprint density at radius 2 is 2.36 bits per heavy atom. The van der Waals surface area contributed by atoms with E-state index in [4.69, 9.17) is 11.2 Å². The van der Waals surface area contributed by atoms with Crippen molar-refractivity contribution in [1.29, 1.82) is 0 Å². The largest absolute Gasteiger partial charge is 0.368 e. The van der Waals surface area contributed by atoms with Gasteiger partial charge >= 0.3 is 0 Å². The van der Waals surface area contributed by atoms with Gasteiger partial charge in [-0.25, -0.2) is 0 Å². The van der Waals surface area contributed by atoms with Gasteiger partial charge in [0.2, 0.25) is 0 Å². The Bertz CT molecular complexity index is 305. The normalized spacial score (nSPS) is 20.8. The maximum absolute atomic E-state index is 5.25. The van der Waals surface area contributed by atoms with Crippen molar-refractivity contribution in [2.24, 2.45) is 0 Å². The fraction of sp³-hybridized carbons (Fsp3) is 0.200. The van der Waals surface area contributed by atoms with Crippen molar-refractivity contribution in [3.05, 3.63) is 35.4 Å². The minimum Gasteiger partial charge on any atom is -0.368 e. The molecule has 1 saturated heterocycles. The predicted molar refractivity (Wildman–Crippen MR) is 43.1 cm³/mol. The zero-order valence-electron chi connectivity index (χ0n) is 6.08. The third-order valence-electron chi connectivity index (χ3n) is 1.76. The molecule has 0 N–H and O–H groups in total. The molecular formula is C10H8O. The Labute approximate surface area is 66.0 Å². The molecule has 1 heterocycles. The molecule has 1 nitrogen and oxygen atoms in total. The topological polar surface area (TPSA) is 12.5 Å². The molecule has 0 aromatic heterocycles. The van der Waals surface area contributed by atoms with Crippen molar-refractivity contribution < 1.29 is 4.74 Å². The lowest BCUT2D eigenvalue weighted by atomic mass is 10.1. The third kappa shape index (κ3) is 1.26. The highest BCUT2D eigenvalue weighted by Crippen LogP contribution is 2.29. The van der Waals surface area contributed by atoms with Gasteiger partial charge < -0.3 is 4.74 Å². The van der Waals surface area contributed by atoms with Crippen LogP contribution in [0.15, 0.2) is 24.3 Å². The Morgan fingerprint density at radius 3 is 3.00 bits per heavy atom. The smallest absolute Gasteiger partial charge is 0.106 e. The molecule has 1 aliphatic heterocycles. The number of terminal acetylenes is 1. The number of hydrogen-bond donors (Lipinski definition) is 0. The summed E-state index contributed by atoms with van der Waals surface area (Å²) >= 11 is 0. The van der Waals surface area contributed by atoms with Crippen molar-refractivity contribution in [2.45, 2.75) is 6.10 Å². The van der Waals surface area contributed by atoms with Crippen LogP contribution in [0.1, 0.15) is 17.2 Å². The quantitative estimate of drug-likeness (QED) is 0.432. The zero-order chi connectivity index (χ0) is 7.68. The Morgan fingerprint density at radius 1 is 1.55 bits per heavy atom. The second-order valence-corrected chi connectivity index (χ2v) is 2.59. The molecule has 11 heavy (non-hydrogen) atoms. The first-order valence-electron chi connectivity index (χ1n) is 3.58. The predicted octanol–water partition coefficient (Wildman–Crippen LogP) is 1.74. The first-order valence-corrected chi connectivity index (χ1v) is 3.58. The molecule has 0 spiro atoms. The van der Waals surface area contributed by atoms with E-state index in [1.807, 2.05) is 24.3 Å². The van der Waals surface area contributed by atoms with Crippen LogP contribution in [-0.2, 0) is 4.74 Å². The molecular weight excluding hydrogens is 136 g/mol. The van der Waals surface area contributed by atoms with Gasteiger partial charge in [-0.2, -0.15) is 0 Å². The first kappa shape index (κ1) is 6.45. The van der Waals surface area contributed by atoms with Crippen LogP contribution in [0.2, 0.25) is 0 Å². The monoisotopic (exact) mass is 144 g/mol. The number of rotatable bonds is 1. The summed E-state index contributed by atoms with van der Waals surface area (Å²) in [7, 11) is 0. The average molecular weight is 144 g/mol. The summed E-state index contributed by atoms with van der Waals surface area (Å²) in [5, 5.41) is 0. The van der Waals surface area contributed by atoms with Gasteiger partial charge in [0.05, 0.1) is 6.61 Å². The van der Waals surface area contributed by atoms with Crippen LogP contribution < -0.4 is 0 Å². The molecule has 1 heteroatoms. The van der Waals surface area contributed by atoms with Gasteiger partial charge in [-0.05, 0) is 17.7 Å². The first-order chi connectivity index (χ1) is 5.40. The van der Waals surface area contributed by atoms with Crippen molar-refractivity contribution in [2.75, 3.05) is 6.61 Å². The van der Waals surface area contributed by atoms with Gasteiger partial charge in [0, 0.05) is 5.56 Å². The van der Waals surface area contributed by atoms with Crippen LogP contribution >= 0.6 is 0 Å². The van der Waals surface area contributed by atoms with Gasteiger partial charge in [-0.1, -0.05) is 18.1 Å². The summed E-state index contributed by atoms with van der Waals surface area (Å²) in [4.78, 5) is 0. The summed E-state index contributed by atoms with van der Waals surface area (Å²) in [6.07, 6.45) is 5.56. The van der Waals surface area contributed by atoms with Crippen LogP contribution in [0.25, 0.3) is 0 Å². The van der Waals surface area contributed by atoms with Crippen molar-refractivity contribution in [3.63, 3.8) is 0 Å². The highest BCUT2D eigenvalue weighted by molar-refractivity contribution is 5.36. The summed E-state index contributed by atoms with van der Waals surface area (Å²) in [5.41, 5.74) is 2.12. The summed E-state index contributed by atoms with van der Waals surface area (Å²) in [6, 6.07) is 7.92. The molecule has 0 unspecified atom stereocenters. The number of hydrogen-bond acceptors (Lipinski definition) is 1. The Balaban J connectivity index is 2.35. The van der Waals surface area contributed by atoms with E-state index in [1.165, 1.54) is 5.56 Å². The fourth-order valence-electron chi connectivity index (χ4n) is 1.07. The van der Waals surface area contributed by atoms with Gasteiger partial charge in [0.1, 0.15) is 6.10 Å². The maximum atomic E-state index is 5.25. The van der Waals surface area contributed by atoms with E-state index in [2.05, 4.69) is 5.92 Å². The lowest BCUT2D eigenvalue weighted by molar-refractivity contribution is 0.415. The summed E-state index contributed by atoms with van der Waals surface area (Å²) < 4.78 is 5.13. The van der Waals surface area contributed by atoms with Gasteiger partial charge in [0.15, 0.2) is 0 Å². The molecule has 0 radical (unpaired) electrons. The molecule has 1 aromatic carbocycles. The van der Waals surface area contributed by atoms with Crippen molar-refractivity contribution >= 4 is 0 Å². The van der Waals surface area contributed by atoms with Crippen molar-refractivity contribution in [3.8, 4) is 12.3 Å². The zero-order valence-corrected chi connectivity index (χ0v) is 6.08. The van der Waals surface area contributed by atoms with E-state index in [0.29, 0.717) is 6.10 Å². The lowest BCUT2D eigenvalue weighted by Gasteiger charge is -1.94. The molecule has 1 aromatic rings. The van der Waals surface area contributed by atoms with Crippen LogP contribution in [-0.4, -0.2) is 6.61 Å². The number of benzene rings is 1. The average Bonchev–Trinajstić information content (AvgIpc) is 2.87. The highest BCUT2D eigenvalue weighted by Gasteiger charge is 2.24. The SMILES string of the molecule is C#Cc1cccc([C@@H]2CO2)c1. The van der Waals surface area contributed by atoms with Crippen molar-refractivity contribution in [1.82, 2.24) is 0 Å². The molecule has 0 bridgehead atoms. The molecule has 2 rings (SSSR count). The molecule has 54 valence electrons. The van der Waals surface area contributed by atoms with Crippen LogP contribution in [0, 0.1) is 12.3 Å². The molecule has 0 amide bonds. The number of ether oxygens (including phenoxy) is 1. The lowest BCUT2D eigenvalue weighted by Crippen LogP contribution is -1.81. The van der Waals surface area contributed by atoms with E-state index in [0.717, 1.165) is 12.2 Å². The Hall–Kier alpha value is -1.26. The minimum absolute atomic E-state index is 0.309.